The molecule has 1 N–H and O–H groups in total. The highest BCUT2D eigenvalue weighted by atomic mass is 35.5. The van der Waals surface area contributed by atoms with Crippen LogP contribution >= 0.6 is 11.6 Å². The van der Waals surface area contributed by atoms with Crippen LogP contribution in [0.4, 0.5) is 0 Å². The van der Waals surface area contributed by atoms with Crippen LogP contribution in [-0.2, 0) is 6.42 Å². The highest BCUT2D eigenvalue weighted by molar-refractivity contribution is 6.30. The van der Waals surface area contributed by atoms with Gasteiger partial charge in [-0.25, -0.2) is 0 Å². The van der Waals surface area contributed by atoms with Gasteiger partial charge in [-0.1, -0.05) is 44.0 Å². The molecule has 17 heavy (non-hydrogen) atoms. The molecule has 1 saturated carbocycles. The van der Waals surface area contributed by atoms with Crippen LogP contribution in [0.1, 0.15) is 38.7 Å². The second-order valence-electron chi connectivity index (χ2n) is 5.69. The number of benzene rings is 1. The molecule has 1 aliphatic carbocycles. The van der Waals surface area contributed by atoms with Gasteiger partial charge in [-0.05, 0) is 42.4 Å². The van der Waals surface area contributed by atoms with Gasteiger partial charge >= 0.3 is 0 Å². The SMILES string of the molecule is CC1CCC(C)C(O)(Cc2ccc(Cl)cc2)C1. The largest absolute Gasteiger partial charge is 0.389 e. The lowest BCUT2D eigenvalue weighted by atomic mass is 9.69. The van der Waals surface area contributed by atoms with Crippen LogP contribution in [-0.4, -0.2) is 10.7 Å². The predicted octanol–water partition coefficient (Wildman–Crippen LogP) is 4.07. The summed E-state index contributed by atoms with van der Waals surface area (Å²) in [6.45, 7) is 4.40. The van der Waals surface area contributed by atoms with Crippen LogP contribution in [0.25, 0.3) is 0 Å². The first-order valence-electron chi connectivity index (χ1n) is 6.46. The first-order valence-corrected chi connectivity index (χ1v) is 6.84. The number of aliphatic hydroxyl groups is 1. The van der Waals surface area contributed by atoms with Crippen molar-refractivity contribution in [1.29, 1.82) is 0 Å². The van der Waals surface area contributed by atoms with Crippen molar-refractivity contribution < 1.29 is 5.11 Å². The van der Waals surface area contributed by atoms with E-state index in [4.69, 9.17) is 11.6 Å². The molecule has 2 rings (SSSR count). The van der Waals surface area contributed by atoms with Crippen LogP contribution in [0, 0.1) is 11.8 Å². The monoisotopic (exact) mass is 252 g/mol. The van der Waals surface area contributed by atoms with E-state index in [1.165, 1.54) is 12.0 Å². The minimum atomic E-state index is -0.536. The van der Waals surface area contributed by atoms with Gasteiger partial charge < -0.3 is 5.11 Å². The van der Waals surface area contributed by atoms with Crippen LogP contribution in [0.5, 0.6) is 0 Å². The summed E-state index contributed by atoms with van der Waals surface area (Å²) in [5, 5.41) is 11.6. The smallest absolute Gasteiger partial charge is 0.0715 e. The molecule has 3 atom stereocenters. The Morgan fingerprint density at radius 2 is 1.88 bits per heavy atom. The molecule has 2 heteroatoms. The quantitative estimate of drug-likeness (QED) is 0.841. The first-order chi connectivity index (χ1) is 7.99. The van der Waals surface area contributed by atoms with Gasteiger partial charge in [0, 0.05) is 11.4 Å². The molecule has 3 unspecified atom stereocenters. The molecule has 0 heterocycles. The summed E-state index contributed by atoms with van der Waals surface area (Å²) in [5.74, 6) is 1.01. The maximum Gasteiger partial charge on any atom is 0.0715 e. The summed E-state index contributed by atoms with van der Waals surface area (Å²) in [7, 11) is 0. The van der Waals surface area contributed by atoms with E-state index >= 15 is 0 Å². The number of rotatable bonds is 2. The third kappa shape index (κ3) is 3.02. The third-order valence-electron chi connectivity index (χ3n) is 4.14. The van der Waals surface area contributed by atoms with Gasteiger partial charge in [0.15, 0.2) is 0 Å². The lowest BCUT2D eigenvalue weighted by Crippen LogP contribution is -2.43. The van der Waals surface area contributed by atoms with Crippen LogP contribution in [0.2, 0.25) is 5.02 Å². The Kier molecular flexibility index (Phi) is 3.79. The van der Waals surface area contributed by atoms with Gasteiger partial charge in [0.25, 0.3) is 0 Å². The fourth-order valence-electron chi connectivity index (χ4n) is 2.91. The Balaban J connectivity index is 2.12. The molecule has 0 radical (unpaired) electrons. The van der Waals surface area contributed by atoms with Crippen molar-refractivity contribution in [2.45, 2.75) is 45.1 Å². The van der Waals surface area contributed by atoms with Crippen LogP contribution in [0.15, 0.2) is 24.3 Å². The van der Waals surface area contributed by atoms with Crippen molar-refractivity contribution in [1.82, 2.24) is 0 Å². The number of hydrogen-bond acceptors (Lipinski definition) is 1. The highest BCUT2D eigenvalue weighted by Gasteiger charge is 2.38. The summed E-state index contributed by atoms with van der Waals surface area (Å²) in [5.41, 5.74) is 0.642. The zero-order valence-electron chi connectivity index (χ0n) is 10.6. The van der Waals surface area contributed by atoms with Gasteiger partial charge in [0.05, 0.1) is 5.60 Å². The van der Waals surface area contributed by atoms with Crippen molar-refractivity contribution in [3.63, 3.8) is 0 Å². The maximum atomic E-state index is 10.8. The molecule has 0 saturated heterocycles. The van der Waals surface area contributed by atoms with Crippen molar-refractivity contribution >= 4 is 11.6 Å². The van der Waals surface area contributed by atoms with E-state index in [2.05, 4.69) is 13.8 Å². The minimum Gasteiger partial charge on any atom is -0.389 e. The summed E-state index contributed by atoms with van der Waals surface area (Å²) in [4.78, 5) is 0. The maximum absolute atomic E-state index is 10.8. The fourth-order valence-corrected chi connectivity index (χ4v) is 3.04. The Morgan fingerprint density at radius 1 is 1.24 bits per heavy atom. The van der Waals surface area contributed by atoms with E-state index in [-0.39, 0.29) is 0 Å². The second kappa shape index (κ2) is 4.99. The number of halogens is 1. The van der Waals surface area contributed by atoms with Gasteiger partial charge in [-0.2, -0.15) is 0 Å². The molecule has 0 bridgehead atoms. The molecule has 0 spiro atoms. The molecule has 94 valence electrons. The molecule has 1 aliphatic rings. The topological polar surface area (TPSA) is 20.2 Å². The Labute approximate surface area is 109 Å². The molecular formula is C15H21ClO. The Morgan fingerprint density at radius 3 is 2.53 bits per heavy atom. The lowest BCUT2D eigenvalue weighted by molar-refractivity contribution is -0.0560. The highest BCUT2D eigenvalue weighted by Crippen LogP contribution is 2.39. The zero-order chi connectivity index (χ0) is 12.5. The van der Waals surface area contributed by atoms with Crippen molar-refractivity contribution in [2.24, 2.45) is 11.8 Å². The molecule has 1 nitrogen and oxygen atoms in total. The second-order valence-corrected chi connectivity index (χ2v) is 6.13. The van der Waals surface area contributed by atoms with Gasteiger partial charge in [0.1, 0.15) is 0 Å². The first kappa shape index (κ1) is 12.9. The molecule has 0 aliphatic heterocycles. The van der Waals surface area contributed by atoms with Crippen molar-refractivity contribution in [3.05, 3.63) is 34.9 Å². The van der Waals surface area contributed by atoms with E-state index < -0.39 is 5.60 Å². The van der Waals surface area contributed by atoms with Crippen molar-refractivity contribution in [2.75, 3.05) is 0 Å². The fraction of sp³-hybridized carbons (Fsp3) is 0.600. The van der Waals surface area contributed by atoms with E-state index in [0.717, 1.165) is 24.3 Å². The van der Waals surface area contributed by atoms with E-state index in [0.29, 0.717) is 11.8 Å². The Bertz CT molecular complexity index is 373. The summed E-state index contributed by atoms with van der Waals surface area (Å²) < 4.78 is 0. The molecule has 1 aromatic rings. The summed E-state index contributed by atoms with van der Waals surface area (Å²) in [6.07, 6.45) is 4.03. The molecule has 1 aromatic carbocycles. The van der Waals surface area contributed by atoms with E-state index in [1.54, 1.807) is 0 Å². The summed E-state index contributed by atoms with van der Waals surface area (Å²) in [6, 6.07) is 7.84. The van der Waals surface area contributed by atoms with Gasteiger partial charge in [-0.15, -0.1) is 0 Å². The molecule has 1 fully saturated rings. The number of hydrogen-bond donors (Lipinski definition) is 1. The van der Waals surface area contributed by atoms with Crippen molar-refractivity contribution in [3.8, 4) is 0 Å². The average molecular weight is 253 g/mol. The van der Waals surface area contributed by atoms with Gasteiger partial charge in [0.2, 0.25) is 0 Å². The van der Waals surface area contributed by atoms with E-state index in [9.17, 15) is 5.11 Å². The zero-order valence-corrected chi connectivity index (χ0v) is 11.4. The summed E-state index contributed by atoms with van der Waals surface area (Å²) >= 11 is 5.88. The lowest BCUT2D eigenvalue weighted by Gasteiger charge is -2.41. The third-order valence-corrected chi connectivity index (χ3v) is 4.39. The normalized spacial score (nSPS) is 33.6. The Hall–Kier alpha value is -0.530. The molecule has 0 amide bonds. The molecule has 0 aromatic heterocycles. The van der Waals surface area contributed by atoms with Gasteiger partial charge in [-0.3, -0.25) is 0 Å². The van der Waals surface area contributed by atoms with E-state index in [1.807, 2.05) is 24.3 Å². The molecular weight excluding hydrogens is 232 g/mol. The standard InChI is InChI=1S/C15H21ClO/c1-11-3-4-12(2)15(17,9-11)10-13-5-7-14(16)8-6-13/h5-8,11-12,17H,3-4,9-10H2,1-2H3. The minimum absolute atomic E-state index is 0.384. The van der Waals surface area contributed by atoms with Crippen LogP contribution < -0.4 is 0 Å². The predicted molar refractivity (Wildman–Crippen MR) is 72.3 cm³/mol. The average Bonchev–Trinajstić information content (AvgIpc) is 2.27. The van der Waals surface area contributed by atoms with Crippen LogP contribution in [0.3, 0.4) is 0 Å².